The van der Waals surface area contributed by atoms with Crippen molar-refractivity contribution in [3.8, 4) is 17.2 Å². The van der Waals surface area contributed by atoms with Gasteiger partial charge >= 0.3 is 5.97 Å². The molecule has 0 fully saturated rings. The molecule has 0 unspecified atom stereocenters. The van der Waals surface area contributed by atoms with Gasteiger partial charge in [0, 0.05) is 0 Å². The molecule has 110 valence electrons. The number of benzene rings is 2. The van der Waals surface area contributed by atoms with Gasteiger partial charge in [0.15, 0.2) is 11.5 Å². The van der Waals surface area contributed by atoms with Gasteiger partial charge in [-0.3, -0.25) is 0 Å². The number of hydrogen-bond acceptors (Lipinski definition) is 5. The summed E-state index contributed by atoms with van der Waals surface area (Å²) in [6.07, 6.45) is 0. The van der Waals surface area contributed by atoms with Crippen LogP contribution < -0.4 is 9.47 Å². The number of phenols is 1. The van der Waals surface area contributed by atoms with E-state index in [0.717, 1.165) is 5.56 Å². The minimum absolute atomic E-state index is 0.0291. The zero-order valence-electron chi connectivity index (χ0n) is 11.8. The summed E-state index contributed by atoms with van der Waals surface area (Å²) in [5, 5.41) is 10.1. The minimum Gasteiger partial charge on any atom is -0.504 e. The van der Waals surface area contributed by atoms with E-state index in [1.807, 2.05) is 30.3 Å². The summed E-state index contributed by atoms with van der Waals surface area (Å²) in [4.78, 5) is 11.5. The Labute approximate surface area is 122 Å². The van der Waals surface area contributed by atoms with E-state index in [0.29, 0.717) is 12.4 Å². The van der Waals surface area contributed by atoms with Gasteiger partial charge in [0.2, 0.25) is 5.75 Å². The average Bonchev–Trinajstić information content (AvgIpc) is 2.53. The lowest BCUT2D eigenvalue weighted by Crippen LogP contribution is -2.04. The highest BCUT2D eigenvalue weighted by atomic mass is 16.5. The molecule has 0 aliphatic rings. The SMILES string of the molecule is COC(=O)c1ccc(OCc2ccccc2)c(OC)c1O. The van der Waals surface area contributed by atoms with Crippen molar-refractivity contribution in [1.82, 2.24) is 0 Å². The summed E-state index contributed by atoms with van der Waals surface area (Å²) in [6, 6.07) is 12.6. The molecule has 2 rings (SSSR count). The Bertz CT molecular complexity index is 622. The summed E-state index contributed by atoms with van der Waals surface area (Å²) >= 11 is 0. The van der Waals surface area contributed by atoms with Crippen LogP contribution in [-0.4, -0.2) is 25.3 Å². The van der Waals surface area contributed by atoms with Crippen LogP contribution in [0.1, 0.15) is 15.9 Å². The Morgan fingerprint density at radius 2 is 1.81 bits per heavy atom. The van der Waals surface area contributed by atoms with Crippen LogP contribution in [0.3, 0.4) is 0 Å². The summed E-state index contributed by atoms with van der Waals surface area (Å²) in [5.74, 6) is -0.476. The van der Waals surface area contributed by atoms with E-state index in [2.05, 4.69) is 4.74 Å². The molecule has 0 bridgehead atoms. The molecule has 0 aliphatic carbocycles. The lowest BCUT2D eigenvalue weighted by atomic mass is 10.1. The van der Waals surface area contributed by atoms with Gasteiger partial charge in [0.25, 0.3) is 0 Å². The highest BCUT2D eigenvalue weighted by Gasteiger charge is 2.19. The largest absolute Gasteiger partial charge is 0.504 e. The lowest BCUT2D eigenvalue weighted by molar-refractivity contribution is 0.0596. The van der Waals surface area contributed by atoms with Crippen LogP contribution in [0, 0.1) is 0 Å². The minimum atomic E-state index is -0.639. The highest BCUT2D eigenvalue weighted by Crippen LogP contribution is 2.39. The zero-order chi connectivity index (χ0) is 15.2. The molecule has 2 aromatic rings. The molecule has 0 heterocycles. The molecule has 0 spiro atoms. The molecule has 0 aliphatic heterocycles. The predicted octanol–water partition coefficient (Wildman–Crippen LogP) is 2.77. The number of carbonyl (C=O) groups excluding carboxylic acids is 1. The van der Waals surface area contributed by atoms with Crippen LogP contribution >= 0.6 is 0 Å². The number of phenolic OH excluding ortho intramolecular Hbond substituents is 1. The van der Waals surface area contributed by atoms with Crippen molar-refractivity contribution < 1.29 is 24.1 Å². The van der Waals surface area contributed by atoms with E-state index in [1.165, 1.54) is 20.3 Å². The first-order chi connectivity index (χ1) is 10.2. The van der Waals surface area contributed by atoms with Gasteiger partial charge in [-0.2, -0.15) is 0 Å². The van der Waals surface area contributed by atoms with Crippen LogP contribution in [0.4, 0.5) is 0 Å². The third kappa shape index (κ3) is 3.25. The third-order valence-electron chi connectivity index (χ3n) is 2.94. The van der Waals surface area contributed by atoms with E-state index in [1.54, 1.807) is 6.07 Å². The Hall–Kier alpha value is -2.69. The number of esters is 1. The number of hydrogen-bond donors (Lipinski definition) is 1. The average molecular weight is 288 g/mol. The second kappa shape index (κ2) is 6.65. The first-order valence-corrected chi connectivity index (χ1v) is 6.32. The topological polar surface area (TPSA) is 65.0 Å². The monoisotopic (exact) mass is 288 g/mol. The van der Waals surface area contributed by atoms with Crippen molar-refractivity contribution in [1.29, 1.82) is 0 Å². The molecule has 0 saturated heterocycles. The smallest absolute Gasteiger partial charge is 0.341 e. The van der Waals surface area contributed by atoms with Gasteiger partial charge in [-0.15, -0.1) is 0 Å². The third-order valence-corrected chi connectivity index (χ3v) is 2.94. The molecule has 0 saturated carbocycles. The Morgan fingerprint density at radius 1 is 1.10 bits per heavy atom. The normalized spacial score (nSPS) is 10.0. The first-order valence-electron chi connectivity index (χ1n) is 6.32. The van der Waals surface area contributed by atoms with Crippen LogP contribution in [-0.2, 0) is 11.3 Å². The summed E-state index contributed by atoms with van der Waals surface area (Å²) < 4.78 is 15.3. The van der Waals surface area contributed by atoms with Gasteiger partial charge in [-0.05, 0) is 17.7 Å². The maximum atomic E-state index is 11.5. The molecule has 0 aromatic heterocycles. The van der Waals surface area contributed by atoms with Crippen molar-refractivity contribution in [2.24, 2.45) is 0 Å². The van der Waals surface area contributed by atoms with Crippen molar-refractivity contribution in [2.45, 2.75) is 6.61 Å². The van der Waals surface area contributed by atoms with Gasteiger partial charge < -0.3 is 19.3 Å². The van der Waals surface area contributed by atoms with Gasteiger partial charge in [0.1, 0.15) is 12.2 Å². The number of ether oxygens (including phenoxy) is 3. The van der Waals surface area contributed by atoms with E-state index < -0.39 is 5.97 Å². The number of rotatable bonds is 5. The molecule has 0 radical (unpaired) electrons. The van der Waals surface area contributed by atoms with Crippen LogP contribution in [0.5, 0.6) is 17.2 Å². The Kier molecular flexibility index (Phi) is 4.66. The van der Waals surface area contributed by atoms with Gasteiger partial charge in [-0.25, -0.2) is 4.79 Å². The van der Waals surface area contributed by atoms with Crippen LogP contribution in [0.25, 0.3) is 0 Å². The quantitative estimate of drug-likeness (QED) is 0.857. The Morgan fingerprint density at radius 3 is 2.43 bits per heavy atom. The van der Waals surface area contributed by atoms with E-state index in [4.69, 9.17) is 9.47 Å². The highest BCUT2D eigenvalue weighted by molar-refractivity contribution is 5.93. The second-order valence-corrected chi connectivity index (χ2v) is 4.26. The van der Waals surface area contributed by atoms with E-state index in [9.17, 15) is 9.90 Å². The maximum absolute atomic E-state index is 11.5. The fraction of sp³-hybridized carbons (Fsp3) is 0.188. The standard InChI is InChI=1S/C16H16O5/c1-19-15-13(21-10-11-6-4-3-5-7-11)9-8-12(14(15)17)16(18)20-2/h3-9,17H,10H2,1-2H3. The fourth-order valence-corrected chi connectivity index (χ4v) is 1.87. The van der Waals surface area contributed by atoms with Crippen molar-refractivity contribution in [3.63, 3.8) is 0 Å². The predicted molar refractivity (Wildman–Crippen MR) is 76.8 cm³/mol. The van der Waals surface area contributed by atoms with E-state index >= 15 is 0 Å². The van der Waals surface area contributed by atoms with Crippen LogP contribution in [0.15, 0.2) is 42.5 Å². The summed E-state index contributed by atoms with van der Waals surface area (Å²) in [6.45, 7) is 0.328. The van der Waals surface area contributed by atoms with E-state index in [-0.39, 0.29) is 17.1 Å². The maximum Gasteiger partial charge on any atom is 0.341 e. The van der Waals surface area contributed by atoms with Crippen molar-refractivity contribution >= 4 is 5.97 Å². The van der Waals surface area contributed by atoms with Gasteiger partial charge in [-0.1, -0.05) is 30.3 Å². The molecule has 0 amide bonds. The molecule has 5 heteroatoms. The number of methoxy groups -OCH3 is 2. The molecule has 5 nitrogen and oxygen atoms in total. The molecule has 0 atom stereocenters. The Balaban J connectivity index is 2.24. The molecule has 2 aromatic carbocycles. The lowest BCUT2D eigenvalue weighted by Gasteiger charge is -2.13. The van der Waals surface area contributed by atoms with Gasteiger partial charge in [0.05, 0.1) is 14.2 Å². The summed E-state index contributed by atoms with van der Waals surface area (Å²) in [5.41, 5.74) is 1.01. The first kappa shape index (κ1) is 14.7. The number of aromatic hydroxyl groups is 1. The molecular weight excluding hydrogens is 272 g/mol. The zero-order valence-corrected chi connectivity index (χ0v) is 11.8. The summed E-state index contributed by atoms with van der Waals surface area (Å²) in [7, 11) is 2.64. The van der Waals surface area contributed by atoms with Crippen molar-refractivity contribution in [2.75, 3.05) is 14.2 Å². The van der Waals surface area contributed by atoms with Crippen molar-refractivity contribution in [3.05, 3.63) is 53.6 Å². The second-order valence-electron chi connectivity index (χ2n) is 4.26. The molecule has 21 heavy (non-hydrogen) atoms. The van der Waals surface area contributed by atoms with Crippen LogP contribution in [0.2, 0.25) is 0 Å². The molecular formula is C16H16O5. The number of carbonyl (C=O) groups is 1. The molecule has 1 N–H and O–H groups in total. The fourth-order valence-electron chi connectivity index (χ4n) is 1.87.